The summed E-state index contributed by atoms with van der Waals surface area (Å²) in [7, 11) is 0. The van der Waals surface area contributed by atoms with Crippen LogP contribution in [0.2, 0.25) is 10.0 Å². The second kappa shape index (κ2) is 4.64. The molecule has 0 saturated carbocycles. The van der Waals surface area contributed by atoms with E-state index in [1.807, 2.05) is 4.90 Å². The average Bonchev–Trinajstić information content (AvgIpc) is 2.63. The van der Waals surface area contributed by atoms with Gasteiger partial charge < -0.3 is 4.90 Å². The van der Waals surface area contributed by atoms with Crippen LogP contribution in [0.15, 0.2) is 18.2 Å². The quantitative estimate of drug-likeness (QED) is 0.753. The Labute approximate surface area is 105 Å². The average molecular weight is 258 g/mol. The Morgan fingerprint density at radius 3 is 2.75 bits per heavy atom. The number of carbonyl (C=O) groups is 1. The van der Waals surface area contributed by atoms with Crippen molar-refractivity contribution in [3.8, 4) is 0 Å². The Morgan fingerprint density at radius 1 is 1.44 bits per heavy atom. The van der Waals surface area contributed by atoms with Gasteiger partial charge in [0, 0.05) is 17.6 Å². The van der Waals surface area contributed by atoms with E-state index in [0.29, 0.717) is 21.7 Å². The minimum absolute atomic E-state index is 0.00617. The first-order chi connectivity index (χ1) is 7.59. The maximum Gasteiger partial charge on any atom is 0.255 e. The number of benzene rings is 1. The van der Waals surface area contributed by atoms with Crippen molar-refractivity contribution in [1.82, 2.24) is 4.90 Å². The van der Waals surface area contributed by atoms with Crippen LogP contribution in [0.1, 0.15) is 30.1 Å². The summed E-state index contributed by atoms with van der Waals surface area (Å²) in [5.74, 6) is 0.00617. The Balaban J connectivity index is 2.27. The molecule has 2 nitrogen and oxygen atoms in total. The van der Waals surface area contributed by atoms with E-state index in [-0.39, 0.29) is 5.91 Å². The third-order valence-electron chi connectivity index (χ3n) is 2.98. The predicted octanol–water partition coefficient (Wildman–Crippen LogP) is 3.62. The Bertz CT molecular complexity index is 419. The SMILES string of the molecule is CC1CCCN1C(=O)c1ccc(Cl)cc1Cl. The molecule has 0 aromatic heterocycles. The maximum atomic E-state index is 12.2. The standard InChI is InChI=1S/C12H13Cl2NO/c1-8-3-2-6-15(8)12(16)10-5-4-9(13)7-11(10)14/h4-5,7-8H,2-3,6H2,1H3. The number of likely N-dealkylation sites (tertiary alicyclic amines) is 1. The topological polar surface area (TPSA) is 20.3 Å². The van der Waals surface area contributed by atoms with Gasteiger partial charge in [-0.15, -0.1) is 0 Å². The van der Waals surface area contributed by atoms with Crippen molar-refractivity contribution in [2.24, 2.45) is 0 Å². The number of hydrogen-bond donors (Lipinski definition) is 0. The molecule has 16 heavy (non-hydrogen) atoms. The minimum atomic E-state index is 0.00617. The van der Waals surface area contributed by atoms with Gasteiger partial charge in [-0.25, -0.2) is 0 Å². The first-order valence-electron chi connectivity index (χ1n) is 5.35. The van der Waals surface area contributed by atoms with Crippen LogP contribution in [-0.2, 0) is 0 Å². The fourth-order valence-corrected chi connectivity index (χ4v) is 2.54. The van der Waals surface area contributed by atoms with Gasteiger partial charge in [-0.1, -0.05) is 23.2 Å². The fraction of sp³-hybridized carbons (Fsp3) is 0.417. The van der Waals surface area contributed by atoms with Gasteiger partial charge in [0.15, 0.2) is 0 Å². The molecule has 4 heteroatoms. The fourth-order valence-electron chi connectivity index (χ4n) is 2.05. The van der Waals surface area contributed by atoms with Crippen LogP contribution in [0.4, 0.5) is 0 Å². The van der Waals surface area contributed by atoms with Crippen LogP contribution in [0.5, 0.6) is 0 Å². The largest absolute Gasteiger partial charge is 0.336 e. The van der Waals surface area contributed by atoms with Crippen molar-refractivity contribution >= 4 is 29.1 Å². The second-order valence-electron chi connectivity index (χ2n) is 4.11. The van der Waals surface area contributed by atoms with Crippen LogP contribution in [-0.4, -0.2) is 23.4 Å². The lowest BCUT2D eigenvalue weighted by molar-refractivity contribution is 0.0747. The second-order valence-corrected chi connectivity index (χ2v) is 4.96. The van der Waals surface area contributed by atoms with E-state index >= 15 is 0 Å². The number of halogens is 2. The molecule has 0 bridgehead atoms. The number of nitrogens with zero attached hydrogens (tertiary/aromatic N) is 1. The smallest absolute Gasteiger partial charge is 0.255 e. The number of hydrogen-bond acceptors (Lipinski definition) is 1. The first-order valence-corrected chi connectivity index (χ1v) is 6.11. The van der Waals surface area contributed by atoms with Gasteiger partial charge in [0.2, 0.25) is 0 Å². The molecule has 2 rings (SSSR count). The molecule has 1 saturated heterocycles. The highest BCUT2D eigenvalue weighted by Gasteiger charge is 2.27. The zero-order valence-corrected chi connectivity index (χ0v) is 10.6. The third-order valence-corrected chi connectivity index (χ3v) is 3.52. The minimum Gasteiger partial charge on any atom is -0.336 e. The molecule has 1 aliphatic rings. The van der Waals surface area contributed by atoms with Crippen LogP contribution in [0, 0.1) is 0 Å². The van der Waals surface area contributed by atoms with E-state index in [2.05, 4.69) is 6.92 Å². The third kappa shape index (κ3) is 2.18. The van der Waals surface area contributed by atoms with Gasteiger partial charge in [-0.2, -0.15) is 0 Å². The summed E-state index contributed by atoms with van der Waals surface area (Å²) in [5, 5.41) is 0.979. The van der Waals surface area contributed by atoms with E-state index < -0.39 is 0 Å². The highest BCUT2D eigenvalue weighted by atomic mass is 35.5. The number of rotatable bonds is 1. The molecule has 1 atom stereocenters. The summed E-state index contributed by atoms with van der Waals surface area (Å²) in [6, 6.07) is 5.30. The molecule has 0 aliphatic carbocycles. The summed E-state index contributed by atoms with van der Waals surface area (Å²) in [6.45, 7) is 2.88. The molecule has 0 radical (unpaired) electrons. The van der Waals surface area contributed by atoms with E-state index in [4.69, 9.17) is 23.2 Å². The van der Waals surface area contributed by atoms with Crippen molar-refractivity contribution in [2.45, 2.75) is 25.8 Å². The Morgan fingerprint density at radius 2 is 2.19 bits per heavy atom. The molecule has 0 N–H and O–H groups in total. The monoisotopic (exact) mass is 257 g/mol. The van der Waals surface area contributed by atoms with Crippen LogP contribution < -0.4 is 0 Å². The molecule has 86 valence electrons. The zero-order valence-electron chi connectivity index (χ0n) is 9.04. The van der Waals surface area contributed by atoms with Gasteiger partial charge >= 0.3 is 0 Å². The van der Waals surface area contributed by atoms with Crippen LogP contribution in [0.3, 0.4) is 0 Å². The summed E-state index contributed by atoms with van der Waals surface area (Å²) < 4.78 is 0. The van der Waals surface area contributed by atoms with Crippen molar-refractivity contribution < 1.29 is 4.79 Å². The molecular weight excluding hydrogens is 245 g/mol. The molecule has 1 unspecified atom stereocenters. The van der Waals surface area contributed by atoms with Gasteiger partial charge in [-0.05, 0) is 38.0 Å². The number of carbonyl (C=O) groups excluding carboxylic acids is 1. The van der Waals surface area contributed by atoms with Crippen LogP contribution in [0.25, 0.3) is 0 Å². The summed E-state index contributed by atoms with van der Waals surface area (Å²) in [6.07, 6.45) is 2.13. The van der Waals surface area contributed by atoms with Crippen molar-refractivity contribution in [2.75, 3.05) is 6.54 Å². The molecule has 1 aromatic carbocycles. The van der Waals surface area contributed by atoms with Crippen molar-refractivity contribution in [3.63, 3.8) is 0 Å². The molecular formula is C12H13Cl2NO. The molecule has 0 spiro atoms. The Hall–Kier alpha value is -0.730. The zero-order chi connectivity index (χ0) is 11.7. The first kappa shape index (κ1) is 11.7. The van der Waals surface area contributed by atoms with Crippen molar-refractivity contribution in [1.29, 1.82) is 0 Å². The molecule has 1 aromatic rings. The normalized spacial score (nSPS) is 20.2. The number of amides is 1. The lowest BCUT2D eigenvalue weighted by atomic mass is 10.2. The molecule has 1 amide bonds. The van der Waals surface area contributed by atoms with E-state index in [0.717, 1.165) is 19.4 Å². The highest BCUT2D eigenvalue weighted by Crippen LogP contribution is 2.25. The summed E-state index contributed by atoms with van der Waals surface area (Å²) in [5.41, 5.74) is 0.541. The summed E-state index contributed by atoms with van der Waals surface area (Å²) >= 11 is 11.8. The summed E-state index contributed by atoms with van der Waals surface area (Å²) in [4.78, 5) is 14.1. The van der Waals surface area contributed by atoms with Crippen molar-refractivity contribution in [3.05, 3.63) is 33.8 Å². The lowest BCUT2D eigenvalue weighted by Crippen LogP contribution is -2.33. The predicted molar refractivity (Wildman–Crippen MR) is 66.2 cm³/mol. The molecule has 1 fully saturated rings. The van der Waals surface area contributed by atoms with E-state index in [9.17, 15) is 4.79 Å². The molecule has 1 heterocycles. The van der Waals surface area contributed by atoms with Gasteiger partial charge in [0.25, 0.3) is 5.91 Å². The Kier molecular flexibility index (Phi) is 3.41. The van der Waals surface area contributed by atoms with E-state index in [1.165, 1.54) is 0 Å². The van der Waals surface area contributed by atoms with Gasteiger partial charge in [0.1, 0.15) is 0 Å². The van der Waals surface area contributed by atoms with Gasteiger partial charge in [-0.3, -0.25) is 4.79 Å². The van der Waals surface area contributed by atoms with E-state index in [1.54, 1.807) is 18.2 Å². The maximum absolute atomic E-state index is 12.2. The lowest BCUT2D eigenvalue weighted by Gasteiger charge is -2.21. The van der Waals surface area contributed by atoms with Crippen LogP contribution >= 0.6 is 23.2 Å². The molecule has 1 aliphatic heterocycles. The van der Waals surface area contributed by atoms with Gasteiger partial charge in [0.05, 0.1) is 10.6 Å². The highest BCUT2D eigenvalue weighted by molar-refractivity contribution is 6.36.